The molecule has 0 amide bonds. The first-order valence-corrected chi connectivity index (χ1v) is 12.2. The molecule has 2 aliphatic rings. The lowest BCUT2D eigenvalue weighted by atomic mass is 9.89. The number of aromatic nitrogens is 2. The van der Waals surface area contributed by atoms with E-state index in [9.17, 15) is 36.0 Å². The Balaban J connectivity index is 1.99. The molecule has 210 valence electrons. The summed E-state index contributed by atoms with van der Waals surface area (Å²) in [5, 5.41) is 77.7. The Labute approximate surface area is 255 Å². The fourth-order valence-corrected chi connectivity index (χ4v) is 5.26. The number of nitriles is 8. The molecule has 0 N–H and O–H groups in total. The van der Waals surface area contributed by atoms with Crippen LogP contribution in [0.2, 0.25) is 0 Å². The minimum Gasteiger partial charge on any atom is -0.227 e. The van der Waals surface area contributed by atoms with Crippen LogP contribution in [0.1, 0.15) is 44.8 Å². The number of halogens is 4. The number of benzene rings is 2. The topological polar surface area (TPSA) is 216 Å². The summed E-state index contributed by atoms with van der Waals surface area (Å²) in [6.07, 6.45) is 0.785. The van der Waals surface area contributed by atoms with Gasteiger partial charge in [0.15, 0.2) is 0 Å². The summed E-state index contributed by atoms with van der Waals surface area (Å²) in [6, 6.07) is 14.7. The quantitative estimate of drug-likeness (QED) is 0.209. The van der Waals surface area contributed by atoms with Crippen molar-refractivity contribution in [1.29, 1.82) is 42.1 Å². The number of nitrogens with zero attached hydrogens (tertiary/aromatic N) is 10. The van der Waals surface area contributed by atoms with E-state index in [2.05, 4.69) is 9.97 Å². The van der Waals surface area contributed by atoms with Gasteiger partial charge in [-0.2, -0.15) is 51.5 Å². The highest BCUT2D eigenvalue weighted by Gasteiger charge is 2.42. The predicted octanol–water partition coefficient (Wildman–Crippen LogP) is 5.27. The van der Waals surface area contributed by atoms with Crippen molar-refractivity contribution in [2.45, 2.75) is 0 Å². The second kappa shape index (κ2) is 11.1. The molecule has 5 rings (SSSR count). The Hall–Kier alpha value is -7.88. The number of fused-ring (bicyclic) bond motifs is 2. The molecule has 0 saturated carbocycles. The lowest BCUT2D eigenvalue weighted by Gasteiger charge is -2.12. The smallest absolute Gasteiger partial charge is 0.227 e. The SMILES string of the molecule is N#CC(C#N)=C1C(c2cc(F)c(C#N)cc2F)=C(C#N)c2c1cc1c(c2F)C(=C(C#N)C#N)C(c2cnc(C#N)nc2F)=C1C#N. The van der Waals surface area contributed by atoms with Crippen molar-refractivity contribution in [1.82, 2.24) is 9.97 Å². The van der Waals surface area contributed by atoms with E-state index in [0.717, 1.165) is 12.3 Å². The van der Waals surface area contributed by atoms with Crippen LogP contribution in [0.4, 0.5) is 17.6 Å². The molecule has 14 heteroatoms. The minimum atomic E-state index is -1.39. The summed E-state index contributed by atoms with van der Waals surface area (Å²) < 4.78 is 62.2. The number of hydrogen-bond acceptors (Lipinski definition) is 10. The second-order valence-electron chi connectivity index (χ2n) is 9.14. The van der Waals surface area contributed by atoms with E-state index in [0.29, 0.717) is 12.1 Å². The molecule has 0 radical (unpaired) electrons. The van der Waals surface area contributed by atoms with Crippen LogP contribution in [0.3, 0.4) is 0 Å². The molecule has 10 nitrogen and oxygen atoms in total. The molecular formula is C32H4F4N10. The van der Waals surface area contributed by atoms with Gasteiger partial charge in [0.25, 0.3) is 0 Å². The summed E-state index contributed by atoms with van der Waals surface area (Å²) in [4.78, 5) is 7.04. The molecule has 1 heterocycles. The highest BCUT2D eigenvalue weighted by Crippen LogP contribution is 2.56. The van der Waals surface area contributed by atoms with Gasteiger partial charge in [-0.3, -0.25) is 0 Å². The molecule has 0 spiro atoms. The summed E-state index contributed by atoms with van der Waals surface area (Å²) in [5.41, 5.74) is -9.12. The van der Waals surface area contributed by atoms with E-state index in [1.54, 1.807) is 36.4 Å². The molecular weight excluding hydrogens is 600 g/mol. The van der Waals surface area contributed by atoms with Crippen LogP contribution in [0, 0.1) is 114 Å². The Morgan fingerprint density at radius 2 is 1.17 bits per heavy atom. The summed E-state index contributed by atoms with van der Waals surface area (Å²) in [7, 11) is 0. The number of rotatable bonds is 2. The van der Waals surface area contributed by atoms with Crippen LogP contribution >= 0.6 is 0 Å². The standard InChI is InChI=1S/C32H4F4N10/c33-22-3-17(23(34)1-13(22)4-37)27-20(10-43)29-18(25(27)14(5-38)6-39)2-16-19(9-42)28(21-12-45-24(11-44)46-32(21)36)26(15(7-40)8-41)30(16)31(29)35/h1-3,12H. The third-order valence-corrected chi connectivity index (χ3v) is 7.03. The molecule has 3 aromatic rings. The van der Waals surface area contributed by atoms with E-state index in [4.69, 9.17) is 10.5 Å². The van der Waals surface area contributed by atoms with Gasteiger partial charge in [0.2, 0.25) is 11.8 Å². The van der Waals surface area contributed by atoms with Crippen molar-refractivity contribution < 1.29 is 17.6 Å². The molecule has 2 aliphatic carbocycles. The lowest BCUT2D eigenvalue weighted by Crippen LogP contribution is -2.02. The van der Waals surface area contributed by atoms with Crippen molar-refractivity contribution in [2.24, 2.45) is 0 Å². The highest BCUT2D eigenvalue weighted by molar-refractivity contribution is 6.30. The van der Waals surface area contributed by atoms with E-state index in [1.807, 2.05) is 0 Å². The van der Waals surface area contributed by atoms with Crippen LogP contribution in [0.5, 0.6) is 0 Å². The average molecular weight is 604 g/mol. The maximum atomic E-state index is 16.9. The van der Waals surface area contributed by atoms with Gasteiger partial charge in [-0.1, -0.05) is 0 Å². The van der Waals surface area contributed by atoms with Crippen LogP contribution in [0.25, 0.3) is 33.4 Å². The molecule has 0 fully saturated rings. The van der Waals surface area contributed by atoms with Gasteiger partial charge < -0.3 is 0 Å². The summed E-state index contributed by atoms with van der Waals surface area (Å²) in [5.74, 6) is -5.86. The van der Waals surface area contributed by atoms with Gasteiger partial charge in [0, 0.05) is 50.7 Å². The van der Waals surface area contributed by atoms with Crippen LogP contribution in [-0.2, 0) is 0 Å². The zero-order valence-corrected chi connectivity index (χ0v) is 22.3. The molecule has 46 heavy (non-hydrogen) atoms. The van der Waals surface area contributed by atoms with Gasteiger partial charge in [0.1, 0.15) is 77.2 Å². The van der Waals surface area contributed by atoms with E-state index >= 15 is 13.2 Å². The molecule has 0 bridgehead atoms. The Bertz CT molecular complexity index is 2470. The van der Waals surface area contributed by atoms with Crippen molar-refractivity contribution in [3.8, 4) is 48.6 Å². The Morgan fingerprint density at radius 3 is 1.72 bits per heavy atom. The average Bonchev–Trinajstić information content (AvgIpc) is 3.56. The lowest BCUT2D eigenvalue weighted by molar-refractivity contribution is 0.573. The number of hydrogen-bond donors (Lipinski definition) is 0. The monoisotopic (exact) mass is 604 g/mol. The zero-order chi connectivity index (χ0) is 33.4. The van der Waals surface area contributed by atoms with Crippen LogP contribution < -0.4 is 0 Å². The molecule has 0 unspecified atom stereocenters. The van der Waals surface area contributed by atoms with Gasteiger partial charge in [-0.25, -0.2) is 18.2 Å². The predicted molar refractivity (Wildman–Crippen MR) is 145 cm³/mol. The fourth-order valence-electron chi connectivity index (χ4n) is 5.26. The molecule has 0 aliphatic heterocycles. The zero-order valence-electron chi connectivity index (χ0n) is 22.3. The van der Waals surface area contributed by atoms with E-state index in [-0.39, 0.29) is 5.56 Å². The first-order chi connectivity index (χ1) is 22.1. The van der Waals surface area contributed by atoms with Crippen molar-refractivity contribution in [3.63, 3.8) is 0 Å². The van der Waals surface area contributed by atoms with Crippen molar-refractivity contribution in [3.05, 3.63) is 104 Å². The third-order valence-electron chi connectivity index (χ3n) is 7.03. The largest absolute Gasteiger partial charge is 0.234 e. The van der Waals surface area contributed by atoms with Gasteiger partial charge >= 0.3 is 0 Å². The maximum Gasteiger partial charge on any atom is 0.234 e. The first kappa shape index (κ1) is 29.6. The summed E-state index contributed by atoms with van der Waals surface area (Å²) >= 11 is 0. The molecule has 0 atom stereocenters. The van der Waals surface area contributed by atoms with Gasteiger partial charge in [0.05, 0.1) is 22.3 Å². The first-order valence-electron chi connectivity index (χ1n) is 12.2. The van der Waals surface area contributed by atoms with Crippen molar-refractivity contribution >= 4 is 33.4 Å². The minimum absolute atomic E-state index is 0.381. The summed E-state index contributed by atoms with van der Waals surface area (Å²) in [6.45, 7) is 0. The van der Waals surface area contributed by atoms with Gasteiger partial charge in [-0.05, 0) is 23.8 Å². The van der Waals surface area contributed by atoms with Gasteiger partial charge in [-0.15, -0.1) is 0 Å². The van der Waals surface area contributed by atoms with Crippen LogP contribution in [0.15, 0.2) is 35.5 Å². The van der Waals surface area contributed by atoms with Crippen molar-refractivity contribution in [2.75, 3.05) is 0 Å². The van der Waals surface area contributed by atoms with E-state index < -0.39 is 107 Å². The second-order valence-corrected chi connectivity index (χ2v) is 9.14. The number of allylic oxidation sites excluding steroid dienone is 8. The van der Waals surface area contributed by atoms with E-state index in [1.165, 1.54) is 12.1 Å². The fraction of sp³-hybridized carbons (Fsp3) is 0. The normalized spacial score (nSPS) is 12.3. The Morgan fingerprint density at radius 1 is 0.565 bits per heavy atom. The highest BCUT2D eigenvalue weighted by atomic mass is 19.1. The molecule has 2 aromatic carbocycles. The molecule has 1 aromatic heterocycles. The Kier molecular flexibility index (Phi) is 7.13. The van der Waals surface area contributed by atoms with Crippen LogP contribution in [-0.4, -0.2) is 9.97 Å². The third kappa shape index (κ3) is 4.03. The maximum absolute atomic E-state index is 16.9. The molecule has 0 saturated heterocycles.